The van der Waals surface area contributed by atoms with Gasteiger partial charge >= 0.3 is 6.03 Å². The number of hydrogen-bond acceptors (Lipinski definition) is 7. The molecule has 2 amide bonds. The topological polar surface area (TPSA) is 137 Å². The highest BCUT2D eigenvalue weighted by molar-refractivity contribution is 5.88. The zero-order valence-electron chi connectivity index (χ0n) is 16.7. The first-order chi connectivity index (χ1) is 14.1. The molecule has 0 radical (unpaired) electrons. The fraction of sp³-hybridized carbons (Fsp3) is 0.421. The van der Waals surface area contributed by atoms with E-state index in [0.717, 1.165) is 37.4 Å². The number of hydrogen-bond donors (Lipinski definition) is 2. The van der Waals surface area contributed by atoms with Crippen molar-refractivity contribution >= 4 is 17.5 Å². The minimum Gasteiger partial charge on any atom is -0.436 e. The van der Waals surface area contributed by atoms with Crippen molar-refractivity contribution < 1.29 is 18.8 Å². The van der Waals surface area contributed by atoms with E-state index < -0.39 is 16.4 Å². The van der Waals surface area contributed by atoms with Crippen LogP contribution in [0, 0.1) is 21.8 Å². The van der Waals surface area contributed by atoms with Crippen molar-refractivity contribution in [1.82, 2.24) is 14.9 Å². The van der Waals surface area contributed by atoms with Crippen LogP contribution in [0.4, 0.5) is 20.7 Å². The summed E-state index contributed by atoms with van der Waals surface area (Å²) in [5.74, 6) is -0.621. The summed E-state index contributed by atoms with van der Waals surface area (Å²) in [5.41, 5.74) is 5.48. The summed E-state index contributed by atoms with van der Waals surface area (Å²) >= 11 is 0. The lowest BCUT2D eigenvalue weighted by Gasteiger charge is -2.38. The maximum absolute atomic E-state index is 14.0. The standard InChI is InChI=1S/C19H23FN6O4/c1-19(2,21)12-5-7-25(8-6-12)18(27)24-16-10-17(23-11-22-16)30-15-4-3-13(26(28)29)9-14(15)20/h3-4,9-12H,5-8,21H2,1-2H3,(H,22,23,24,27). The van der Waals surface area contributed by atoms with Gasteiger partial charge in [-0.1, -0.05) is 0 Å². The number of carbonyl (C=O) groups excluding carboxylic acids is 1. The number of ether oxygens (including phenoxy) is 1. The predicted octanol–water partition coefficient (Wildman–Crippen LogP) is 3.30. The number of halogens is 1. The highest BCUT2D eigenvalue weighted by Crippen LogP contribution is 2.28. The summed E-state index contributed by atoms with van der Waals surface area (Å²) in [6.45, 7) is 5.15. The van der Waals surface area contributed by atoms with E-state index in [0.29, 0.717) is 19.0 Å². The first kappa shape index (κ1) is 21.4. The SMILES string of the molecule is CC(C)(N)C1CCN(C(=O)Nc2cc(Oc3ccc([N+](=O)[O-])cc3F)ncn2)CC1. The Morgan fingerprint density at radius 1 is 1.33 bits per heavy atom. The number of piperidine rings is 1. The number of aromatic nitrogens is 2. The van der Waals surface area contributed by atoms with Crippen LogP contribution in [0.15, 0.2) is 30.6 Å². The molecule has 0 aliphatic carbocycles. The Labute approximate surface area is 172 Å². The summed E-state index contributed by atoms with van der Waals surface area (Å²) in [7, 11) is 0. The number of likely N-dealkylation sites (tertiary alicyclic amines) is 1. The van der Waals surface area contributed by atoms with Crippen LogP contribution in [0.1, 0.15) is 26.7 Å². The third-order valence-corrected chi connectivity index (χ3v) is 5.05. The van der Waals surface area contributed by atoms with Gasteiger partial charge in [0.25, 0.3) is 5.69 Å². The molecule has 0 unspecified atom stereocenters. The van der Waals surface area contributed by atoms with Crippen LogP contribution in [-0.4, -0.2) is 44.5 Å². The normalized spacial score (nSPS) is 15.0. The van der Waals surface area contributed by atoms with E-state index in [2.05, 4.69) is 15.3 Å². The fourth-order valence-electron chi connectivity index (χ4n) is 3.28. The third-order valence-electron chi connectivity index (χ3n) is 5.05. The Balaban J connectivity index is 1.62. The minimum absolute atomic E-state index is 0.0170. The number of benzene rings is 1. The van der Waals surface area contributed by atoms with Gasteiger partial charge in [-0.15, -0.1) is 0 Å². The number of rotatable bonds is 5. The Bertz CT molecular complexity index is 941. The van der Waals surface area contributed by atoms with Crippen LogP contribution in [-0.2, 0) is 0 Å². The van der Waals surface area contributed by atoms with Crippen LogP contribution in [0.3, 0.4) is 0 Å². The van der Waals surface area contributed by atoms with Gasteiger partial charge in [-0.2, -0.15) is 0 Å². The van der Waals surface area contributed by atoms with Crippen molar-refractivity contribution in [3.8, 4) is 11.6 Å². The number of non-ortho nitro benzene ring substituents is 1. The van der Waals surface area contributed by atoms with E-state index in [1.807, 2.05) is 13.8 Å². The van der Waals surface area contributed by atoms with E-state index in [1.165, 1.54) is 6.07 Å². The largest absolute Gasteiger partial charge is 0.436 e. The number of nitrogens with one attached hydrogen (secondary N) is 1. The molecule has 0 atom stereocenters. The summed E-state index contributed by atoms with van der Waals surface area (Å²) in [4.78, 5) is 32.0. The molecule has 1 aliphatic heterocycles. The minimum atomic E-state index is -0.904. The number of urea groups is 1. The lowest BCUT2D eigenvalue weighted by Crippen LogP contribution is -2.49. The van der Waals surface area contributed by atoms with Gasteiger partial charge in [-0.3, -0.25) is 15.4 Å². The molecule has 160 valence electrons. The molecule has 30 heavy (non-hydrogen) atoms. The molecule has 10 nitrogen and oxygen atoms in total. The number of anilines is 1. The Hall–Kier alpha value is -3.34. The Kier molecular flexibility index (Phi) is 6.11. The molecule has 1 aromatic heterocycles. The second-order valence-corrected chi connectivity index (χ2v) is 7.73. The van der Waals surface area contributed by atoms with E-state index in [9.17, 15) is 19.3 Å². The summed E-state index contributed by atoms with van der Waals surface area (Å²) in [6.07, 6.45) is 2.79. The van der Waals surface area contributed by atoms with Crippen LogP contribution in [0.5, 0.6) is 11.6 Å². The average Bonchev–Trinajstić information content (AvgIpc) is 2.69. The zero-order valence-corrected chi connectivity index (χ0v) is 16.7. The summed E-state index contributed by atoms with van der Waals surface area (Å²) in [6, 6.07) is 4.04. The van der Waals surface area contributed by atoms with Gasteiger partial charge < -0.3 is 15.4 Å². The van der Waals surface area contributed by atoms with E-state index in [1.54, 1.807) is 4.90 Å². The molecule has 1 aliphatic rings. The van der Waals surface area contributed by atoms with Gasteiger partial charge in [-0.25, -0.2) is 19.2 Å². The molecular weight excluding hydrogens is 395 g/mol. The second-order valence-electron chi connectivity index (χ2n) is 7.73. The first-order valence-electron chi connectivity index (χ1n) is 9.42. The van der Waals surface area contributed by atoms with Crippen LogP contribution >= 0.6 is 0 Å². The van der Waals surface area contributed by atoms with Gasteiger partial charge in [0.1, 0.15) is 12.1 Å². The number of carbonyl (C=O) groups is 1. The maximum Gasteiger partial charge on any atom is 0.323 e. The maximum atomic E-state index is 14.0. The van der Waals surface area contributed by atoms with Crippen molar-refractivity contribution in [3.05, 3.63) is 46.5 Å². The molecule has 1 fully saturated rings. The third kappa shape index (κ3) is 5.17. The van der Waals surface area contributed by atoms with Gasteiger partial charge in [0.15, 0.2) is 11.6 Å². The smallest absolute Gasteiger partial charge is 0.323 e. The first-order valence-corrected chi connectivity index (χ1v) is 9.42. The van der Waals surface area contributed by atoms with Gasteiger partial charge in [0.05, 0.1) is 11.0 Å². The van der Waals surface area contributed by atoms with E-state index in [4.69, 9.17) is 10.5 Å². The molecule has 11 heteroatoms. The van der Waals surface area contributed by atoms with E-state index in [-0.39, 0.29) is 29.0 Å². The summed E-state index contributed by atoms with van der Waals surface area (Å²) < 4.78 is 19.3. The van der Waals surface area contributed by atoms with Crippen molar-refractivity contribution in [2.45, 2.75) is 32.2 Å². The lowest BCUT2D eigenvalue weighted by molar-refractivity contribution is -0.385. The number of nitrogens with zero attached hydrogens (tertiary/aromatic N) is 4. The average molecular weight is 418 g/mol. The van der Waals surface area contributed by atoms with Crippen molar-refractivity contribution in [1.29, 1.82) is 0 Å². The number of nitro benzene ring substituents is 1. The molecular formula is C19H23FN6O4. The van der Waals surface area contributed by atoms with Gasteiger partial charge in [0, 0.05) is 30.8 Å². The molecule has 0 saturated carbocycles. The quantitative estimate of drug-likeness (QED) is 0.561. The molecule has 1 saturated heterocycles. The molecule has 3 N–H and O–H groups in total. The second kappa shape index (κ2) is 8.57. The fourth-order valence-corrected chi connectivity index (χ4v) is 3.28. The molecule has 0 bridgehead atoms. The van der Waals surface area contributed by atoms with Crippen molar-refractivity contribution in [2.75, 3.05) is 18.4 Å². The molecule has 2 heterocycles. The van der Waals surface area contributed by atoms with Crippen LogP contribution in [0.25, 0.3) is 0 Å². The van der Waals surface area contributed by atoms with Crippen molar-refractivity contribution in [3.63, 3.8) is 0 Å². The van der Waals surface area contributed by atoms with Gasteiger partial charge in [-0.05, 0) is 38.7 Å². The zero-order chi connectivity index (χ0) is 21.9. The highest BCUT2D eigenvalue weighted by atomic mass is 19.1. The molecule has 3 rings (SSSR count). The summed E-state index contributed by atoms with van der Waals surface area (Å²) in [5, 5.41) is 13.4. The number of nitro groups is 1. The lowest BCUT2D eigenvalue weighted by atomic mass is 9.81. The Morgan fingerprint density at radius 2 is 2.03 bits per heavy atom. The molecule has 2 aromatic rings. The van der Waals surface area contributed by atoms with E-state index >= 15 is 0 Å². The highest BCUT2D eigenvalue weighted by Gasteiger charge is 2.31. The van der Waals surface area contributed by atoms with Crippen molar-refractivity contribution in [2.24, 2.45) is 11.7 Å². The molecule has 0 spiro atoms. The number of amides is 2. The Morgan fingerprint density at radius 3 is 2.63 bits per heavy atom. The monoisotopic (exact) mass is 418 g/mol. The van der Waals surface area contributed by atoms with Gasteiger partial charge in [0.2, 0.25) is 5.88 Å². The number of nitrogens with two attached hydrogens (primary N) is 1. The van der Waals surface area contributed by atoms with Crippen LogP contribution < -0.4 is 15.8 Å². The van der Waals surface area contributed by atoms with Crippen LogP contribution in [0.2, 0.25) is 0 Å². The molecule has 1 aromatic carbocycles. The predicted molar refractivity (Wildman–Crippen MR) is 107 cm³/mol.